The summed E-state index contributed by atoms with van der Waals surface area (Å²) in [6.07, 6.45) is 2.04. The molecule has 0 saturated carbocycles. The summed E-state index contributed by atoms with van der Waals surface area (Å²) in [6, 6.07) is 29.1. The summed E-state index contributed by atoms with van der Waals surface area (Å²) in [6.45, 7) is 10.0. The highest BCUT2D eigenvalue weighted by atomic mass is 16.3. The summed E-state index contributed by atoms with van der Waals surface area (Å²) in [5.41, 5.74) is 7.53. The van der Waals surface area contributed by atoms with Crippen LogP contribution in [0, 0.1) is 13.5 Å². The van der Waals surface area contributed by atoms with E-state index in [9.17, 15) is 0 Å². The van der Waals surface area contributed by atoms with Crippen molar-refractivity contribution in [2.75, 3.05) is 0 Å². The lowest BCUT2D eigenvalue weighted by Gasteiger charge is -2.06. The molecule has 3 heteroatoms. The number of aromatic nitrogens is 1. The molecule has 0 atom stereocenters. The molecule has 0 aliphatic rings. The molecule has 3 nitrogen and oxygen atoms in total. The van der Waals surface area contributed by atoms with Gasteiger partial charge in [0, 0.05) is 22.9 Å². The lowest BCUT2D eigenvalue weighted by atomic mass is 9.97. The average Bonchev–Trinajstić information content (AvgIpc) is 3.22. The zero-order chi connectivity index (χ0) is 22.5. The molecular weight excluding hydrogens is 404 g/mol. The first-order valence-electron chi connectivity index (χ1n) is 11.0. The second kappa shape index (κ2) is 7.32. The molecular formula is C30H21N2O+. The number of benzene rings is 4. The van der Waals surface area contributed by atoms with Crippen LogP contribution in [0.15, 0.2) is 95.5 Å². The van der Waals surface area contributed by atoms with Gasteiger partial charge in [-0.05, 0) is 58.7 Å². The van der Waals surface area contributed by atoms with Crippen LogP contribution in [0.5, 0.6) is 0 Å². The molecule has 2 aromatic heterocycles. The third-order valence-electron chi connectivity index (χ3n) is 6.44. The van der Waals surface area contributed by atoms with Gasteiger partial charge in [0.2, 0.25) is 5.69 Å². The van der Waals surface area contributed by atoms with Crippen molar-refractivity contribution in [1.82, 2.24) is 0 Å². The Morgan fingerprint density at radius 2 is 1.64 bits per heavy atom. The zero-order valence-corrected chi connectivity index (χ0v) is 18.5. The van der Waals surface area contributed by atoms with E-state index in [1.807, 2.05) is 43.6 Å². The Morgan fingerprint density at radius 3 is 2.45 bits per heavy atom. The van der Waals surface area contributed by atoms with Gasteiger partial charge in [-0.15, -0.1) is 0 Å². The SMILES string of the molecule is [C-]#[N+]c1cc(-c2ccc3ccccc3c2)cc2oc3c(-c4cccc[n+]4C)c(C)ccc3c12. The van der Waals surface area contributed by atoms with Gasteiger partial charge in [0.1, 0.15) is 18.2 Å². The minimum absolute atomic E-state index is 0.613. The Labute approximate surface area is 192 Å². The number of hydrogen-bond acceptors (Lipinski definition) is 1. The Kier molecular flexibility index (Phi) is 4.28. The molecule has 0 aliphatic heterocycles. The number of nitrogens with zero attached hydrogens (tertiary/aromatic N) is 2. The zero-order valence-electron chi connectivity index (χ0n) is 18.5. The van der Waals surface area contributed by atoms with Crippen LogP contribution in [0.3, 0.4) is 0 Å². The van der Waals surface area contributed by atoms with Gasteiger partial charge in [-0.3, -0.25) is 0 Å². The second-order valence-corrected chi connectivity index (χ2v) is 8.48. The molecule has 0 saturated heterocycles. The van der Waals surface area contributed by atoms with Crippen LogP contribution in [-0.4, -0.2) is 0 Å². The maximum Gasteiger partial charge on any atom is 0.216 e. The molecule has 6 aromatic rings. The van der Waals surface area contributed by atoms with Gasteiger partial charge < -0.3 is 4.42 Å². The minimum atomic E-state index is 0.613. The van der Waals surface area contributed by atoms with Gasteiger partial charge in [0.25, 0.3) is 0 Å². The van der Waals surface area contributed by atoms with Gasteiger partial charge in [-0.25, -0.2) is 9.41 Å². The molecule has 2 heterocycles. The van der Waals surface area contributed by atoms with Gasteiger partial charge in [-0.2, -0.15) is 0 Å². The molecule has 0 bridgehead atoms. The fourth-order valence-electron chi connectivity index (χ4n) is 4.77. The molecule has 0 fully saturated rings. The van der Waals surface area contributed by atoms with Crippen molar-refractivity contribution in [2.45, 2.75) is 6.92 Å². The molecule has 0 N–H and O–H groups in total. The standard InChI is InChI=1S/C30H21N2O/c1-19-11-14-24-29-25(31-2)17-23(22-13-12-20-8-4-5-9-21(20)16-22)18-27(29)33-30(24)28(19)26-10-6-7-15-32(26)3/h4-18H,1,3H3/q+1. The topological polar surface area (TPSA) is 21.4 Å². The molecule has 6 rings (SSSR count). The number of rotatable bonds is 2. The highest BCUT2D eigenvalue weighted by Gasteiger charge is 2.22. The predicted molar refractivity (Wildman–Crippen MR) is 134 cm³/mol. The Bertz CT molecular complexity index is 1750. The Morgan fingerprint density at radius 1 is 0.818 bits per heavy atom. The second-order valence-electron chi connectivity index (χ2n) is 8.48. The van der Waals surface area contributed by atoms with Crippen LogP contribution < -0.4 is 4.57 Å². The number of fused-ring (bicyclic) bond motifs is 4. The summed E-state index contributed by atoms with van der Waals surface area (Å²) >= 11 is 0. The predicted octanol–water partition coefficient (Wildman–Crippen LogP) is 7.76. The third-order valence-corrected chi connectivity index (χ3v) is 6.44. The van der Waals surface area contributed by atoms with Crippen molar-refractivity contribution in [3.8, 4) is 22.4 Å². The smallest absolute Gasteiger partial charge is 0.216 e. The van der Waals surface area contributed by atoms with Crippen LogP contribution >= 0.6 is 0 Å². The van der Waals surface area contributed by atoms with E-state index < -0.39 is 0 Å². The maximum absolute atomic E-state index is 7.90. The molecule has 0 unspecified atom stereocenters. The third kappa shape index (κ3) is 3.00. The van der Waals surface area contributed by atoms with Crippen LogP contribution in [0.2, 0.25) is 0 Å². The average molecular weight is 426 g/mol. The first-order chi connectivity index (χ1) is 16.1. The van der Waals surface area contributed by atoms with Gasteiger partial charge in [0.15, 0.2) is 11.9 Å². The maximum atomic E-state index is 7.90. The Hall–Kier alpha value is -4.42. The van der Waals surface area contributed by atoms with Gasteiger partial charge >= 0.3 is 0 Å². The fraction of sp³-hybridized carbons (Fsp3) is 0.0667. The summed E-state index contributed by atoms with van der Waals surface area (Å²) in [5.74, 6) is 0. The largest absolute Gasteiger partial charge is 0.457 e. The number of pyridine rings is 1. The number of hydrogen-bond donors (Lipinski definition) is 0. The number of aryl methyl sites for hydroxylation is 2. The van der Waals surface area contributed by atoms with Crippen molar-refractivity contribution in [3.05, 3.63) is 108 Å². The van der Waals surface area contributed by atoms with Gasteiger partial charge in [0.05, 0.1) is 12.1 Å². The van der Waals surface area contributed by atoms with Crippen LogP contribution in [0.25, 0.3) is 59.9 Å². The van der Waals surface area contributed by atoms with E-state index in [-0.39, 0.29) is 0 Å². The van der Waals surface area contributed by atoms with Crippen molar-refractivity contribution in [2.24, 2.45) is 7.05 Å². The van der Waals surface area contributed by atoms with Crippen molar-refractivity contribution in [3.63, 3.8) is 0 Å². The van der Waals surface area contributed by atoms with E-state index >= 15 is 0 Å². The number of furan rings is 1. The lowest BCUT2D eigenvalue weighted by Crippen LogP contribution is -2.30. The molecule has 0 radical (unpaired) electrons. The summed E-state index contributed by atoms with van der Waals surface area (Å²) in [5, 5.41) is 4.24. The Balaban J connectivity index is 1.65. The molecule has 33 heavy (non-hydrogen) atoms. The summed E-state index contributed by atoms with van der Waals surface area (Å²) in [4.78, 5) is 3.90. The van der Waals surface area contributed by atoms with E-state index in [1.54, 1.807) is 0 Å². The summed E-state index contributed by atoms with van der Waals surface area (Å²) in [7, 11) is 2.04. The van der Waals surface area contributed by atoms with Gasteiger partial charge in [-0.1, -0.05) is 48.5 Å². The van der Waals surface area contributed by atoms with E-state index in [1.165, 1.54) is 10.8 Å². The molecule has 0 aliphatic carbocycles. The van der Waals surface area contributed by atoms with Crippen LogP contribution in [-0.2, 0) is 7.05 Å². The van der Waals surface area contributed by atoms with E-state index in [2.05, 4.69) is 70.9 Å². The van der Waals surface area contributed by atoms with Crippen molar-refractivity contribution in [1.29, 1.82) is 0 Å². The van der Waals surface area contributed by atoms with E-state index in [0.29, 0.717) is 5.69 Å². The lowest BCUT2D eigenvalue weighted by molar-refractivity contribution is -0.660. The van der Waals surface area contributed by atoms with Crippen molar-refractivity contribution < 1.29 is 8.98 Å². The van der Waals surface area contributed by atoms with E-state index in [0.717, 1.165) is 49.9 Å². The molecule has 4 aromatic carbocycles. The summed E-state index contributed by atoms with van der Waals surface area (Å²) < 4.78 is 8.61. The minimum Gasteiger partial charge on any atom is -0.457 e. The van der Waals surface area contributed by atoms with Crippen LogP contribution in [0.4, 0.5) is 5.69 Å². The first-order valence-corrected chi connectivity index (χ1v) is 11.0. The van der Waals surface area contributed by atoms with E-state index in [4.69, 9.17) is 11.0 Å². The highest BCUT2D eigenvalue weighted by Crippen LogP contribution is 2.43. The molecule has 0 amide bonds. The molecule has 156 valence electrons. The quantitative estimate of drug-likeness (QED) is 0.205. The fourth-order valence-corrected chi connectivity index (χ4v) is 4.77. The normalized spacial score (nSPS) is 11.3. The van der Waals surface area contributed by atoms with Crippen LogP contribution in [0.1, 0.15) is 5.56 Å². The highest BCUT2D eigenvalue weighted by molar-refractivity contribution is 6.16. The van der Waals surface area contributed by atoms with Crippen molar-refractivity contribution >= 4 is 38.4 Å². The monoisotopic (exact) mass is 425 g/mol. The molecule has 0 spiro atoms. The first kappa shape index (κ1) is 19.3.